The van der Waals surface area contributed by atoms with Gasteiger partial charge >= 0.3 is 0 Å². The van der Waals surface area contributed by atoms with E-state index in [-0.39, 0.29) is 6.61 Å². The van der Waals surface area contributed by atoms with Crippen LogP contribution in [0.25, 0.3) is 10.4 Å². The second-order valence-corrected chi connectivity index (χ2v) is 6.14. The molecule has 1 aromatic heterocycles. The predicted molar refractivity (Wildman–Crippen MR) is 98.5 cm³/mol. The highest BCUT2D eigenvalue weighted by atomic mass is 32.1. The lowest BCUT2D eigenvalue weighted by Gasteiger charge is -2.11. The molecule has 0 spiro atoms. The maximum absolute atomic E-state index is 9.54. The van der Waals surface area contributed by atoms with Crippen molar-refractivity contribution >= 4 is 17.4 Å². The smallest absolute Gasteiger partial charge is 0.158 e. The molecule has 0 unspecified atom stereocenters. The first-order valence-electron chi connectivity index (χ1n) is 7.72. The molecule has 0 bridgehead atoms. The first kappa shape index (κ1) is 17.0. The fourth-order valence-corrected chi connectivity index (χ4v) is 3.33. The lowest BCUT2D eigenvalue weighted by Crippen LogP contribution is -2.03. The van der Waals surface area contributed by atoms with Crippen LogP contribution >= 0.6 is 11.5 Å². The maximum Gasteiger partial charge on any atom is 0.158 e. The third-order valence-electron chi connectivity index (χ3n) is 3.82. The summed E-state index contributed by atoms with van der Waals surface area (Å²) in [6.45, 7) is 0.441. The summed E-state index contributed by atoms with van der Waals surface area (Å²) in [4.78, 5) is 0.855. The molecule has 126 valence electrons. The number of nitrogens with zero attached hydrogens (tertiary/aromatic N) is 2. The molecule has 0 saturated carbocycles. The number of aliphatic hydroxyl groups excluding tert-OH is 1. The minimum absolute atomic E-state index is 0.0326. The monoisotopic (exact) mass is 351 g/mol. The minimum atomic E-state index is -0.0326. The topological polar surface area (TPSA) is 78.2 Å². The molecule has 0 amide bonds. The molecule has 0 aliphatic carbocycles. The van der Waals surface area contributed by atoms with E-state index < -0.39 is 0 Å². The van der Waals surface area contributed by atoms with Crippen molar-refractivity contribution in [2.75, 3.05) is 12.4 Å². The Labute approximate surface area is 150 Å². The standard InChI is InChI=1S/C19H17N3O2S/c1-24-17-9-13(12-23)7-8-15(17)11-21-19-16(10-20)18(25-22-19)14-5-3-2-4-6-14/h2-9,23H,11-12H2,1H3,(H,21,22). The normalized spacial score (nSPS) is 10.3. The van der Waals surface area contributed by atoms with Crippen LogP contribution in [0.4, 0.5) is 5.82 Å². The van der Waals surface area contributed by atoms with Crippen molar-refractivity contribution in [2.24, 2.45) is 0 Å². The van der Waals surface area contributed by atoms with E-state index in [0.29, 0.717) is 23.7 Å². The highest BCUT2D eigenvalue weighted by Crippen LogP contribution is 2.33. The van der Waals surface area contributed by atoms with Gasteiger partial charge in [0.2, 0.25) is 0 Å². The van der Waals surface area contributed by atoms with Crippen molar-refractivity contribution in [3.8, 4) is 22.3 Å². The van der Waals surface area contributed by atoms with Gasteiger partial charge in [-0.25, -0.2) is 0 Å². The highest BCUT2D eigenvalue weighted by molar-refractivity contribution is 7.10. The SMILES string of the molecule is COc1cc(CO)ccc1CNc1nsc(-c2ccccc2)c1C#N. The molecule has 2 N–H and O–H groups in total. The van der Waals surface area contributed by atoms with E-state index in [1.165, 1.54) is 11.5 Å². The zero-order valence-corrected chi connectivity index (χ0v) is 14.5. The number of rotatable bonds is 6. The number of ether oxygens (including phenoxy) is 1. The Bertz CT molecular complexity index is 901. The van der Waals surface area contributed by atoms with Crippen LogP contribution in [0, 0.1) is 11.3 Å². The number of benzene rings is 2. The second kappa shape index (κ2) is 7.79. The van der Waals surface area contributed by atoms with E-state index >= 15 is 0 Å². The number of hydrogen-bond acceptors (Lipinski definition) is 6. The summed E-state index contributed by atoms with van der Waals surface area (Å²) in [5.74, 6) is 1.26. The van der Waals surface area contributed by atoms with E-state index in [1.54, 1.807) is 13.2 Å². The van der Waals surface area contributed by atoms with Crippen LogP contribution in [-0.2, 0) is 13.2 Å². The largest absolute Gasteiger partial charge is 0.496 e. The molecular weight excluding hydrogens is 334 g/mol. The zero-order valence-electron chi connectivity index (χ0n) is 13.7. The Balaban J connectivity index is 1.83. The van der Waals surface area contributed by atoms with E-state index in [2.05, 4.69) is 15.8 Å². The fraction of sp³-hybridized carbons (Fsp3) is 0.158. The van der Waals surface area contributed by atoms with Crippen molar-refractivity contribution in [3.05, 3.63) is 65.2 Å². The summed E-state index contributed by atoms with van der Waals surface area (Å²) in [5.41, 5.74) is 3.24. The van der Waals surface area contributed by atoms with Gasteiger partial charge in [-0.2, -0.15) is 9.64 Å². The summed E-state index contributed by atoms with van der Waals surface area (Å²) in [6, 6.07) is 17.6. The number of anilines is 1. The highest BCUT2D eigenvalue weighted by Gasteiger charge is 2.15. The molecule has 5 nitrogen and oxygen atoms in total. The van der Waals surface area contributed by atoms with Crippen molar-refractivity contribution in [1.82, 2.24) is 4.37 Å². The molecule has 25 heavy (non-hydrogen) atoms. The average molecular weight is 351 g/mol. The Hall–Kier alpha value is -2.88. The molecule has 2 aromatic carbocycles. The molecule has 3 aromatic rings. The lowest BCUT2D eigenvalue weighted by atomic mass is 10.1. The predicted octanol–water partition coefficient (Wildman–Crippen LogP) is 3.79. The molecule has 0 radical (unpaired) electrons. The summed E-state index contributed by atoms with van der Waals surface area (Å²) in [5, 5.41) is 22.0. The molecule has 6 heteroatoms. The second-order valence-electron chi connectivity index (χ2n) is 5.37. The average Bonchev–Trinajstić information content (AvgIpc) is 3.09. The molecule has 0 saturated heterocycles. The van der Waals surface area contributed by atoms with Crippen molar-refractivity contribution in [1.29, 1.82) is 5.26 Å². The van der Waals surface area contributed by atoms with Gasteiger partial charge in [-0.05, 0) is 28.7 Å². The molecule has 0 fully saturated rings. The van der Waals surface area contributed by atoms with Gasteiger partial charge in [-0.3, -0.25) is 0 Å². The van der Waals surface area contributed by atoms with Gasteiger partial charge in [-0.15, -0.1) is 0 Å². The lowest BCUT2D eigenvalue weighted by molar-refractivity contribution is 0.281. The summed E-state index contributed by atoms with van der Waals surface area (Å²) >= 11 is 1.31. The Morgan fingerprint density at radius 1 is 1.24 bits per heavy atom. The van der Waals surface area contributed by atoms with E-state index in [0.717, 1.165) is 21.6 Å². The van der Waals surface area contributed by atoms with Crippen LogP contribution in [0.2, 0.25) is 0 Å². The van der Waals surface area contributed by atoms with Crippen LogP contribution in [-0.4, -0.2) is 16.6 Å². The van der Waals surface area contributed by atoms with Gasteiger partial charge in [0.25, 0.3) is 0 Å². The van der Waals surface area contributed by atoms with E-state index in [4.69, 9.17) is 4.74 Å². The molecular formula is C19H17N3O2S. The van der Waals surface area contributed by atoms with Gasteiger partial charge in [0, 0.05) is 12.1 Å². The van der Waals surface area contributed by atoms with Crippen molar-refractivity contribution in [2.45, 2.75) is 13.2 Å². The van der Waals surface area contributed by atoms with Crippen LogP contribution in [0.1, 0.15) is 16.7 Å². The van der Waals surface area contributed by atoms with Gasteiger partial charge in [0.15, 0.2) is 5.82 Å². The Morgan fingerprint density at radius 2 is 2.04 bits per heavy atom. The summed E-state index contributed by atoms with van der Waals surface area (Å²) in [7, 11) is 1.59. The van der Waals surface area contributed by atoms with Gasteiger partial charge < -0.3 is 15.2 Å². The van der Waals surface area contributed by atoms with Crippen molar-refractivity contribution in [3.63, 3.8) is 0 Å². The molecule has 0 aliphatic rings. The summed E-state index contributed by atoms with van der Waals surface area (Å²) < 4.78 is 9.77. The number of hydrogen-bond donors (Lipinski definition) is 2. The van der Waals surface area contributed by atoms with E-state index in [1.807, 2.05) is 42.5 Å². The number of methoxy groups -OCH3 is 1. The first-order chi connectivity index (χ1) is 12.3. The quantitative estimate of drug-likeness (QED) is 0.706. The summed E-state index contributed by atoms with van der Waals surface area (Å²) in [6.07, 6.45) is 0. The van der Waals surface area contributed by atoms with Crippen LogP contribution in [0.15, 0.2) is 48.5 Å². The van der Waals surface area contributed by atoms with Gasteiger partial charge in [0.1, 0.15) is 17.4 Å². The number of aromatic nitrogens is 1. The molecule has 0 aliphatic heterocycles. The zero-order chi connectivity index (χ0) is 17.6. The number of nitriles is 1. The van der Waals surface area contributed by atoms with Gasteiger partial charge in [-0.1, -0.05) is 42.5 Å². The third kappa shape index (κ3) is 3.63. The van der Waals surface area contributed by atoms with Crippen molar-refractivity contribution < 1.29 is 9.84 Å². The fourth-order valence-electron chi connectivity index (χ4n) is 2.51. The Morgan fingerprint density at radius 3 is 2.72 bits per heavy atom. The first-order valence-corrected chi connectivity index (χ1v) is 8.50. The number of nitrogens with one attached hydrogen (secondary N) is 1. The Kier molecular flexibility index (Phi) is 5.29. The minimum Gasteiger partial charge on any atom is -0.496 e. The maximum atomic E-state index is 9.54. The van der Waals surface area contributed by atoms with Crippen LogP contribution in [0.5, 0.6) is 5.75 Å². The molecule has 0 atom stereocenters. The molecule has 3 rings (SSSR count). The third-order valence-corrected chi connectivity index (χ3v) is 4.72. The van der Waals surface area contributed by atoms with Crippen LogP contribution in [0.3, 0.4) is 0 Å². The van der Waals surface area contributed by atoms with E-state index in [9.17, 15) is 10.4 Å². The number of aliphatic hydroxyl groups is 1. The van der Waals surface area contributed by atoms with Crippen LogP contribution < -0.4 is 10.1 Å². The van der Waals surface area contributed by atoms with Gasteiger partial charge in [0.05, 0.1) is 18.6 Å². The molecule has 1 heterocycles.